The van der Waals surface area contributed by atoms with E-state index >= 15 is 0 Å². The summed E-state index contributed by atoms with van der Waals surface area (Å²) in [7, 11) is -3.71. The molecule has 0 fully saturated rings. The minimum Gasteiger partial charge on any atom is -0.285 e. The van der Waals surface area contributed by atoms with E-state index in [-0.39, 0.29) is 16.6 Å². The summed E-state index contributed by atoms with van der Waals surface area (Å²) in [4.78, 5) is 3.70. The molecule has 0 amide bonds. The maximum Gasteiger partial charge on any atom is 0.243 e. The number of H-pyrrole nitrogens is 1. The summed E-state index contributed by atoms with van der Waals surface area (Å²) < 4.78 is 27.0. The quantitative estimate of drug-likeness (QED) is 0.821. The second-order valence-electron chi connectivity index (χ2n) is 3.37. The molecule has 2 heterocycles. The van der Waals surface area contributed by atoms with Crippen LogP contribution in [0.5, 0.6) is 0 Å². The van der Waals surface area contributed by atoms with Crippen molar-refractivity contribution in [1.82, 2.24) is 19.9 Å². The van der Waals surface area contributed by atoms with E-state index in [1.54, 1.807) is 6.20 Å². The second kappa shape index (κ2) is 5.35. The Kier molecular flexibility index (Phi) is 4.00. The minimum absolute atomic E-state index is 0.0676. The molecule has 0 radical (unpaired) electrons. The largest absolute Gasteiger partial charge is 0.285 e. The first-order valence-electron chi connectivity index (χ1n) is 4.77. The summed E-state index contributed by atoms with van der Waals surface area (Å²) in [6, 6.07) is 1.40. The molecular weight excluding hydrogens is 344 g/mol. The van der Waals surface area contributed by atoms with Crippen molar-refractivity contribution in [3.05, 3.63) is 39.8 Å². The molecule has 6 nitrogen and oxygen atoms in total. The van der Waals surface area contributed by atoms with E-state index in [0.717, 1.165) is 5.56 Å². The topological polar surface area (TPSA) is 87.7 Å². The van der Waals surface area contributed by atoms with Crippen LogP contribution < -0.4 is 4.72 Å². The Labute approximate surface area is 117 Å². The summed E-state index contributed by atoms with van der Waals surface area (Å²) in [6.45, 7) is 0.127. The molecule has 0 unspecified atom stereocenters. The van der Waals surface area contributed by atoms with Gasteiger partial charge in [-0.05, 0) is 22.0 Å². The van der Waals surface area contributed by atoms with Crippen LogP contribution in [0.1, 0.15) is 5.56 Å². The smallest absolute Gasteiger partial charge is 0.243 e. The molecule has 96 valence electrons. The first-order valence-corrected chi connectivity index (χ1v) is 7.43. The SMILES string of the molecule is O=S(=O)(NCc1cn[nH]c1)c1cc(Br)cnc1Cl. The van der Waals surface area contributed by atoms with E-state index in [1.165, 1.54) is 18.5 Å². The summed E-state index contributed by atoms with van der Waals surface area (Å²) in [5, 5.41) is 6.25. The molecular formula is C9H8BrClN4O2S. The average molecular weight is 352 g/mol. The predicted octanol–water partition coefficient (Wildman–Crippen LogP) is 1.70. The maximum absolute atomic E-state index is 12.0. The molecule has 9 heteroatoms. The van der Waals surface area contributed by atoms with Gasteiger partial charge in [-0.1, -0.05) is 11.6 Å². The molecule has 0 bridgehead atoms. The third-order valence-corrected chi connectivity index (χ3v) is 4.35. The van der Waals surface area contributed by atoms with Crippen LogP contribution in [0.2, 0.25) is 5.15 Å². The molecule has 18 heavy (non-hydrogen) atoms. The van der Waals surface area contributed by atoms with Crippen molar-refractivity contribution in [3.8, 4) is 0 Å². The molecule has 0 aliphatic rings. The highest BCUT2D eigenvalue weighted by Crippen LogP contribution is 2.22. The summed E-state index contributed by atoms with van der Waals surface area (Å²) >= 11 is 8.92. The number of halogens is 2. The van der Waals surface area contributed by atoms with Crippen LogP contribution in [0.4, 0.5) is 0 Å². The Morgan fingerprint density at radius 1 is 1.44 bits per heavy atom. The molecule has 2 aromatic heterocycles. The van der Waals surface area contributed by atoms with Gasteiger partial charge in [0.2, 0.25) is 10.0 Å². The lowest BCUT2D eigenvalue weighted by molar-refractivity contribution is 0.581. The first kappa shape index (κ1) is 13.5. The number of nitrogens with one attached hydrogen (secondary N) is 2. The van der Waals surface area contributed by atoms with Crippen LogP contribution in [-0.2, 0) is 16.6 Å². The van der Waals surface area contributed by atoms with Crippen molar-refractivity contribution in [3.63, 3.8) is 0 Å². The molecule has 0 aliphatic heterocycles. The molecule has 2 aromatic rings. The summed E-state index contributed by atoms with van der Waals surface area (Å²) in [5.74, 6) is 0. The molecule has 2 rings (SSSR count). The van der Waals surface area contributed by atoms with Crippen LogP contribution in [0.15, 0.2) is 34.0 Å². The number of sulfonamides is 1. The van der Waals surface area contributed by atoms with Crippen molar-refractivity contribution in [2.24, 2.45) is 0 Å². The van der Waals surface area contributed by atoms with E-state index in [0.29, 0.717) is 4.47 Å². The fourth-order valence-electron chi connectivity index (χ4n) is 1.22. The highest BCUT2D eigenvalue weighted by molar-refractivity contribution is 9.10. The third kappa shape index (κ3) is 3.08. The normalized spacial score (nSPS) is 11.7. The van der Waals surface area contributed by atoms with Crippen LogP contribution >= 0.6 is 27.5 Å². The van der Waals surface area contributed by atoms with Gasteiger partial charge in [0.25, 0.3) is 0 Å². The van der Waals surface area contributed by atoms with Crippen molar-refractivity contribution in [2.45, 2.75) is 11.4 Å². The van der Waals surface area contributed by atoms with Gasteiger partial charge < -0.3 is 0 Å². The van der Waals surface area contributed by atoms with Crippen LogP contribution in [-0.4, -0.2) is 23.6 Å². The minimum atomic E-state index is -3.71. The van der Waals surface area contributed by atoms with Crippen LogP contribution in [0.3, 0.4) is 0 Å². The number of pyridine rings is 1. The lowest BCUT2D eigenvalue weighted by Gasteiger charge is -2.07. The van der Waals surface area contributed by atoms with Gasteiger partial charge in [-0.2, -0.15) is 5.10 Å². The highest BCUT2D eigenvalue weighted by atomic mass is 79.9. The van der Waals surface area contributed by atoms with Gasteiger partial charge in [-0.3, -0.25) is 5.10 Å². The predicted molar refractivity (Wildman–Crippen MR) is 69.6 cm³/mol. The Hall–Kier alpha value is -0.960. The van der Waals surface area contributed by atoms with E-state index < -0.39 is 10.0 Å². The average Bonchev–Trinajstić information content (AvgIpc) is 2.83. The number of aromatic nitrogens is 3. The summed E-state index contributed by atoms with van der Waals surface area (Å²) in [6.07, 6.45) is 4.56. The van der Waals surface area contributed by atoms with Gasteiger partial charge in [0.1, 0.15) is 10.0 Å². The van der Waals surface area contributed by atoms with E-state index in [1.807, 2.05) is 0 Å². The van der Waals surface area contributed by atoms with Gasteiger partial charge in [0, 0.05) is 29.0 Å². The Bertz CT molecular complexity index is 645. The van der Waals surface area contributed by atoms with E-state index in [9.17, 15) is 8.42 Å². The Morgan fingerprint density at radius 2 is 2.22 bits per heavy atom. The first-order chi connectivity index (χ1) is 8.49. The summed E-state index contributed by atoms with van der Waals surface area (Å²) in [5.41, 5.74) is 0.720. The molecule has 0 aliphatic carbocycles. The zero-order chi connectivity index (χ0) is 13.2. The highest BCUT2D eigenvalue weighted by Gasteiger charge is 2.19. The molecule has 0 aromatic carbocycles. The van der Waals surface area contributed by atoms with Crippen molar-refractivity contribution >= 4 is 37.6 Å². The van der Waals surface area contributed by atoms with E-state index in [2.05, 4.69) is 35.8 Å². The van der Waals surface area contributed by atoms with Gasteiger partial charge in [0.05, 0.1) is 6.20 Å². The Balaban J connectivity index is 2.22. The number of hydrogen-bond donors (Lipinski definition) is 2. The lowest BCUT2D eigenvalue weighted by Crippen LogP contribution is -2.23. The fourth-order valence-corrected chi connectivity index (χ4v) is 3.18. The number of hydrogen-bond acceptors (Lipinski definition) is 4. The maximum atomic E-state index is 12.0. The van der Waals surface area contributed by atoms with Crippen molar-refractivity contribution in [1.29, 1.82) is 0 Å². The molecule has 2 N–H and O–H groups in total. The van der Waals surface area contributed by atoms with Crippen molar-refractivity contribution < 1.29 is 8.42 Å². The molecule has 0 saturated heterocycles. The van der Waals surface area contributed by atoms with Gasteiger partial charge >= 0.3 is 0 Å². The van der Waals surface area contributed by atoms with E-state index in [4.69, 9.17) is 11.6 Å². The Morgan fingerprint density at radius 3 is 2.89 bits per heavy atom. The molecule has 0 spiro atoms. The number of nitrogens with zero attached hydrogens (tertiary/aromatic N) is 2. The third-order valence-electron chi connectivity index (χ3n) is 2.08. The van der Waals surface area contributed by atoms with Gasteiger partial charge in [-0.15, -0.1) is 0 Å². The fraction of sp³-hybridized carbons (Fsp3) is 0.111. The zero-order valence-electron chi connectivity index (χ0n) is 8.89. The number of aromatic amines is 1. The monoisotopic (exact) mass is 350 g/mol. The molecule has 0 atom stereocenters. The van der Waals surface area contributed by atoms with Crippen LogP contribution in [0, 0.1) is 0 Å². The second-order valence-corrected chi connectivity index (χ2v) is 6.38. The molecule has 0 saturated carbocycles. The zero-order valence-corrected chi connectivity index (χ0v) is 12.1. The lowest BCUT2D eigenvalue weighted by atomic mass is 10.4. The van der Waals surface area contributed by atoms with Gasteiger partial charge in [0.15, 0.2) is 0 Å². The standard InChI is InChI=1S/C9H8BrClN4O2S/c10-7-1-8(9(11)12-5-7)18(16,17)15-4-6-2-13-14-3-6/h1-3,5,15H,4H2,(H,13,14). The number of rotatable bonds is 4. The van der Waals surface area contributed by atoms with Crippen LogP contribution in [0.25, 0.3) is 0 Å². The van der Waals surface area contributed by atoms with Gasteiger partial charge in [-0.25, -0.2) is 18.1 Å². The van der Waals surface area contributed by atoms with Crippen molar-refractivity contribution in [2.75, 3.05) is 0 Å².